The largest absolute Gasteiger partial charge is 0.217 e. The van der Waals surface area contributed by atoms with Crippen molar-refractivity contribution in [1.29, 1.82) is 0 Å². The average Bonchev–Trinajstić information content (AvgIpc) is 3.21. The van der Waals surface area contributed by atoms with Gasteiger partial charge in [0.1, 0.15) is 11.5 Å². The summed E-state index contributed by atoms with van der Waals surface area (Å²) in [6, 6.07) is 15.0. The SMILES string of the molecule is Fc1cc(-c2nnc3n2N=C(c2ccc(Cl)cc2)/C(=C/c2ccc(Cl)cc2Cl)S3)c(Cl)cc1Cl. The van der Waals surface area contributed by atoms with Crippen LogP contribution in [0.25, 0.3) is 17.5 Å². The molecule has 5 rings (SSSR count). The molecule has 170 valence electrons. The number of rotatable bonds is 3. The smallest absolute Gasteiger partial charge is 0.205 e. The van der Waals surface area contributed by atoms with E-state index >= 15 is 0 Å². The highest BCUT2D eigenvalue weighted by molar-refractivity contribution is 8.04. The molecule has 3 aromatic carbocycles. The van der Waals surface area contributed by atoms with Gasteiger partial charge in [-0.2, -0.15) is 9.78 Å². The standard InChI is InChI=1S/C23H10Cl5FN4S/c24-13-4-1-11(2-5-13)21-20(7-12-3-6-14(25)8-16(12)26)34-23-31-30-22(33(23)32-21)15-9-19(29)18(28)10-17(15)27/h1-10H/b20-7-. The Hall–Kier alpha value is -2.06. The number of fused-ring (bicyclic) bond motifs is 1. The number of thioether (sulfide) groups is 1. The van der Waals surface area contributed by atoms with E-state index in [4.69, 9.17) is 63.1 Å². The van der Waals surface area contributed by atoms with E-state index in [1.54, 1.807) is 24.3 Å². The number of benzene rings is 3. The third-order valence-corrected chi connectivity index (χ3v) is 7.25. The summed E-state index contributed by atoms with van der Waals surface area (Å²) in [6.07, 6.45) is 1.89. The Morgan fingerprint density at radius 1 is 0.794 bits per heavy atom. The number of halogens is 6. The first-order valence-electron chi connectivity index (χ1n) is 9.60. The van der Waals surface area contributed by atoms with Gasteiger partial charge < -0.3 is 0 Å². The maximum atomic E-state index is 14.2. The molecule has 11 heteroatoms. The molecule has 0 unspecified atom stereocenters. The van der Waals surface area contributed by atoms with E-state index in [1.165, 1.54) is 28.6 Å². The summed E-state index contributed by atoms with van der Waals surface area (Å²) in [4.78, 5) is 0.770. The van der Waals surface area contributed by atoms with E-state index in [0.717, 1.165) is 16.0 Å². The highest BCUT2D eigenvalue weighted by Gasteiger charge is 2.26. The Labute approximate surface area is 222 Å². The monoisotopic (exact) mass is 568 g/mol. The highest BCUT2D eigenvalue weighted by atomic mass is 35.5. The topological polar surface area (TPSA) is 43.1 Å². The van der Waals surface area contributed by atoms with E-state index in [-0.39, 0.29) is 15.9 Å². The van der Waals surface area contributed by atoms with Crippen LogP contribution in [0.15, 0.2) is 69.8 Å². The van der Waals surface area contributed by atoms with Gasteiger partial charge in [-0.3, -0.25) is 0 Å². The molecule has 0 saturated heterocycles. The predicted octanol–water partition coefficient (Wildman–Crippen LogP) is 8.75. The third kappa shape index (κ3) is 4.59. The fraction of sp³-hybridized carbons (Fsp3) is 0. The van der Waals surface area contributed by atoms with Crippen LogP contribution >= 0.6 is 69.8 Å². The van der Waals surface area contributed by atoms with Gasteiger partial charge in [-0.1, -0.05) is 76.2 Å². The fourth-order valence-corrected chi connectivity index (χ4v) is 5.23. The number of hydrogen-bond acceptors (Lipinski definition) is 4. The van der Waals surface area contributed by atoms with Crippen LogP contribution < -0.4 is 0 Å². The van der Waals surface area contributed by atoms with Crippen LogP contribution in [0.2, 0.25) is 25.1 Å². The second kappa shape index (κ2) is 9.53. The molecule has 0 fully saturated rings. The molecule has 34 heavy (non-hydrogen) atoms. The van der Waals surface area contributed by atoms with Gasteiger partial charge in [0.25, 0.3) is 0 Å². The van der Waals surface area contributed by atoms with Crippen molar-refractivity contribution >= 4 is 81.6 Å². The van der Waals surface area contributed by atoms with Crippen molar-refractivity contribution in [2.24, 2.45) is 5.10 Å². The lowest BCUT2D eigenvalue weighted by molar-refractivity contribution is 0.628. The molecule has 2 heterocycles. The van der Waals surface area contributed by atoms with Crippen LogP contribution in [0.4, 0.5) is 4.39 Å². The molecule has 0 amide bonds. The summed E-state index contributed by atoms with van der Waals surface area (Å²) in [5.74, 6) is -0.347. The van der Waals surface area contributed by atoms with Gasteiger partial charge in [0.05, 0.1) is 10.0 Å². The van der Waals surface area contributed by atoms with Gasteiger partial charge in [-0.05, 0) is 59.8 Å². The minimum absolute atomic E-state index is 0.0862. The van der Waals surface area contributed by atoms with Crippen LogP contribution in [0.1, 0.15) is 11.1 Å². The first kappa shape index (κ1) is 23.7. The van der Waals surface area contributed by atoms with Crippen molar-refractivity contribution in [2.75, 3.05) is 0 Å². The molecule has 0 radical (unpaired) electrons. The Bertz CT molecular complexity index is 1500. The van der Waals surface area contributed by atoms with Crippen LogP contribution in [-0.4, -0.2) is 20.6 Å². The molecular formula is C23H10Cl5FN4S. The molecule has 0 aliphatic carbocycles. The quantitative estimate of drug-likeness (QED) is 0.231. The van der Waals surface area contributed by atoms with Crippen molar-refractivity contribution in [3.05, 3.63) is 102 Å². The van der Waals surface area contributed by atoms with Crippen molar-refractivity contribution in [1.82, 2.24) is 14.9 Å². The molecule has 1 aromatic heterocycles. The molecule has 0 N–H and O–H groups in total. The Morgan fingerprint density at radius 3 is 2.26 bits per heavy atom. The second-order valence-corrected chi connectivity index (χ2v) is 10.2. The lowest BCUT2D eigenvalue weighted by atomic mass is 10.1. The van der Waals surface area contributed by atoms with E-state index < -0.39 is 5.82 Å². The number of allylic oxidation sites excluding steroid dienone is 1. The minimum Gasteiger partial charge on any atom is -0.205 e. The third-order valence-electron chi connectivity index (χ3n) is 4.86. The van der Waals surface area contributed by atoms with E-state index in [9.17, 15) is 4.39 Å². The molecular weight excluding hydrogens is 561 g/mol. The lowest BCUT2D eigenvalue weighted by Crippen LogP contribution is -2.12. The van der Waals surface area contributed by atoms with Gasteiger partial charge >= 0.3 is 0 Å². The van der Waals surface area contributed by atoms with Gasteiger partial charge in [0.2, 0.25) is 5.16 Å². The zero-order valence-corrected chi connectivity index (χ0v) is 21.3. The molecule has 1 aliphatic heterocycles. The van der Waals surface area contributed by atoms with Crippen LogP contribution in [0.5, 0.6) is 0 Å². The maximum absolute atomic E-state index is 14.2. The average molecular weight is 571 g/mol. The van der Waals surface area contributed by atoms with Gasteiger partial charge in [0.15, 0.2) is 5.82 Å². The van der Waals surface area contributed by atoms with Crippen LogP contribution in [0.3, 0.4) is 0 Å². The van der Waals surface area contributed by atoms with Gasteiger partial charge in [-0.25, -0.2) is 4.39 Å². The maximum Gasteiger partial charge on any atom is 0.217 e. The van der Waals surface area contributed by atoms with Crippen molar-refractivity contribution in [2.45, 2.75) is 5.16 Å². The Morgan fingerprint density at radius 2 is 1.53 bits per heavy atom. The fourth-order valence-electron chi connectivity index (χ4n) is 3.24. The molecule has 4 aromatic rings. The highest BCUT2D eigenvalue weighted by Crippen LogP contribution is 2.39. The van der Waals surface area contributed by atoms with Gasteiger partial charge in [0, 0.05) is 31.1 Å². The summed E-state index contributed by atoms with van der Waals surface area (Å²) in [5.41, 5.74) is 2.49. The first-order valence-corrected chi connectivity index (χ1v) is 12.3. The van der Waals surface area contributed by atoms with Crippen molar-refractivity contribution < 1.29 is 4.39 Å². The molecule has 1 aliphatic rings. The summed E-state index contributed by atoms with van der Waals surface area (Å²) < 4.78 is 15.7. The molecule has 4 nitrogen and oxygen atoms in total. The van der Waals surface area contributed by atoms with E-state index in [0.29, 0.717) is 31.5 Å². The zero-order chi connectivity index (χ0) is 24.0. The van der Waals surface area contributed by atoms with Crippen molar-refractivity contribution in [3.8, 4) is 11.4 Å². The summed E-state index contributed by atoms with van der Waals surface area (Å²) in [7, 11) is 0. The van der Waals surface area contributed by atoms with Crippen LogP contribution in [0, 0.1) is 5.82 Å². The number of hydrogen-bond donors (Lipinski definition) is 0. The molecule has 0 saturated carbocycles. The van der Waals surface area contributed by atoms with Crippen LogP contribution in [-0.2, 0) is 0 Å². The molecule has 0 spiro atoms. The van der Waals surface area contributed by atoms with Gasteiger partial charge in [-0.15, -0.1) is 10.2 Å². The minimum atomic E-state index is -0.623. The lowest BCUT2D eigenvalue weighted by Gasteiger charge is -2.18. The predicted molar refractivity (Wildman–Crippen MR) is 139 cm³/mol. The number of aromatic nitrogens is 3. The van der Waals surface area contributed by atoms with Crippen molar-refractivity contribution in [3.63, 3.8) is 0 Å². The number of nitrogens with zero attached hydrogens (tertiary/aromatic N) is 4. The normalized spacial score (nSPS) is 14.3. The first-order chi connectivity index (χ1) is 16.3. The summed E-state index contributed by atoms with van der Waals surface area (Å²) >= 11 is 32.1. The molecule has 0 atom stereocenters. The van der Waals surface area contributed by atoms with E-state index in [1.807, 2.05) is 24.3 Å². The van der Waals surface area contributed by atoms with E-state index in [2.05, 4.69) is 10.2 Å². The molecule has 0 bridgehead atoms. The zero-order valence-electron chi connectivity index (χ0n) is 16.7. The Balaban J connectivity index is 1.69. The Kier molecular flexibility index (Phi) is 6.64. The second-order valence-electron chi connectivity index (χ2n) is 7.10. The summed E-state index contributed by atoms with van der Waals surface area (Å²) in [5, 5.41) is 15.5. The summed E-state index contributed by atoms with van der Waals surface area (Å²) in [6.45, 7) is 0.